The number of benzene rings is 2. The number of carbonyl (C=O) groups excluding carboxylic acids is 1. The van der Waals surface area contributed by atoms with Gasteiger partial charge in [0.2, 0.25) is 5.91 Å². The van der Waals surface area contributed by atoms with Crippen molar-refractivity contribution < 1.29 is 4.79 Å². The largest absolute Gasteiger partial charge is 0.378 e. The molecule has 180 valence electrons. The Bertz CT molecular complexity index is 1070. The summed E-state index contributed by atoms with van der Waals surface area (Å²) < 4.78 is 0. The highest BCUT2D eigenvalue weighted by Gasteiger charge is 2.44. The Morgan fingerprint density at radius 3 is 2.12 bits per heavy atom. The normalized spacial score (nSPS) is 21.4. The number of hydrogen-bond acceptors (Lipinski definition) is 5. The van der Waals surface area contributed by atoms with Crippen LogP contribution in [0, 0.1) is 5.92 Å². The Labute approximate surface area is 204 Å². The van der Waals surface area contributed by atoms with E-state index in [0.29, 0.717) is 0 Å². The lowest BCUT2D eigenvalue weighted by Gasteiger charge is -2.36. The van der Waals surface area contributed by atoms with Gasteiger partial charge in [0.05, 0.1) is 11.8 Å². The summed E-state index contributed by atoms with van der Waals surface area (Å²) in [5.74, 6) is 0.141. The van der Waals surface area contributed by atoms with Crippen LogP contribution < -0.4 is 9.80 Å². The molecule has 34 heavy (non-hydrogen) atoms. The zero-order valence-electron chi connectivity index (χ0n) is 21.3. The fraction of sp³-hybridized carbons (Fsp3) is 0.429. The minimum absolute atomic E-state index is 0.0136. The van der Waals surface area contributed by atoms with Crippen LogP contribution in [0.15, 0.2) is 59.2 Å². The molecule has 1 amide bonds. The number of fused-ring (bicyclic) bond motifs is 1. The third-order valence-electron chi connectivity index (χ3n) is 6.75. The van der Waals surface area contributed by atoms with Crippen LogP contribution in [-0.4, -0.2) is 69.4 Å². The maximum atomic E-state index is 12.7. The topological polar surface area (TPSA) is 42.4 Å². The smallest absolute Gasteiger partial charge is 0.240 e. The highest BCUT2D eigenvalue weighted by molar-refractivity contribution is 6.08. The van der Waals surface area contributed by atoms with Crippen molar-refractivity contribution in [2.45, 2.75) is 26.3 Å². The molecule has 2 heterocycles. The zero-order chi connectivity index (χ0) is 24.4. The van der Waals surface area contributed by atoms with Crippen molar-refractivity contribution in [3.8, 4) is 0 Å². The summed E-state index contributed by atoms with van der Waals surface area (Å²) in [4.78, 5) is 19.4. The van der Waals surface area contributed by atoms with Gasteiger partial charge >= 0.3 is 0 Å². The van der Waals surface area contributed by atoms with Crippen LogP contribution >= 0.6 is 0 Å². The molecule has 2 aromatic rings. The van der Waals surface area contributed by atoms with Crippen molar-refractivity contribution in [1.29, 1.82) is 0 Å². The molecule has 2 aliphatic heterocycles. The molecule has 0 aromatic heterocycles. The first kappa shape index (κ1) is 24.0. The minimum Gasteiger partial charge on any atom is -0.378 e. The molecule has 2 unspecified atom stereocenters. The van der Waals surface area contributed by atoms with Crippen LogP contribution in [0.4, 0.5) is 11.4 Å². The van der Waals surface area contributed by atoms with Crippen molar-refractivity contribution in [3.05, 3.63) is 65.2 Å². The van der Waals surface area contributed by atoms with E-state index in [1.165, 1.54) is 11.3 Å². The first-order valence-electron chi connectivity index (χ1n) is 12.1. The van der Waals surface area contributed by atoms with Crippen molar-refractivity contribution in [3.63, 3.8) is 0 Å². The summed E-state index contributed by atoms with van der Waals surface area (Å²) in [6, 6.07) is 17.1. The quantitative estimate of drug-likeness (QED) is 0.638. The van der Waals surface area contributed by atoms with E-state index in [0.717, 1.165) is 48.6 Å². The number of piperidine rings is 1. The summed E-state index contributed by atoms with van der Waals surface area (Å²) in [5.41, 5.74) is 6.89. The van der Waals surface area contributed by atoms with E-state index in [1.807, 2.05) is 14.1 Å². The molecule has 0 aliphatic carbocycles. The fourth-order valence-corrected chi connectivity index (χ4v) is 5.01. The molecule has 2 atom stereocenters. The van der Waals surface area contributed by atoms with Crippen LogP contribution in [-0.2, 0) is 4.79 Å². The van der Waals surface area contributed by atoms with Gasteiger partial charge in [-0.05, 0) is 60.0 Å². The SMILES string of the molecule is CCCN1C/C(=C\c2ccc(N(C)C)cc2)C2=NN(C(C)=O)C(c3ccc(N(C)C)cc3)C2C1. The third-order valence-corrected chi connectivity index (χ3v) is 6.75. The molecule has 1 saturated heterocycles. The minimum atomic E-state index is -0.0807. The van der Waals surface area contributed by atoms with Crippen molar-refractivity contribution in [1.82, 2.24) is 9.91 Å². The van der Waals surface area contributed by atoms with Gasteiger partial charge < -0.3 is 9.80 Å². The third kappa shape index (κ3) is 4.87. The molecular formula is C28H37N5O. The van der Waals surface area contributed by atoms with E-state index in [4.69, 9.17) is 5.10 Å². The average molecular weight is 460 g/mol. The molecule has 2 aliphatic rings. The Balaban J connectivity index is 1.72. The molecule has 0 radical (unpaired) electrons. The van der Waals surface area contributed by atoms with E-state index in [-0.39, 0.29) is 17.9 Å². The number of hydrazone groups is 1. The monoisotopic (exact) mass is 459 g/mol. The number of anilines is 2. The van der Waals surface area contributed by atoms with Gasteiger partial charge in [-0.25, -0.2) is 5.01 Å². The molecule has 2 aromatic carbocycles. The molecular weight excluding hydrogens is 422 g/mol. The van der Waals surface area contributed by atoms with Crippen LogP contribution in [0.5, 0.6) is 0 Å². The lowest BCUT2D eigenvalue weighted by molar-refractivity contribution is -0.131. The van der Waals surface area contributed by atoms with Gasteiger partial charge in [-0.1, -0.05) is 31.2 Å². The molecule has 0 spiro atoms. The second kappa shape index (κ2) is 10.0. The summed E-state index contributed by atoms with van der Waals surface area (Å²) in [6.07, 6.45) is 3.35. The molecule has 1 fully saturated rings. The maximum absolute atomic E-state index is 12.7. The highest BCUT2D eigenvalue weighted by atomic mass is 16.2. The maximum Gasteiger partial charge on any atom is 0.240 e. The molecule has 0 saturated carbocycles. The fourth-order valence-electron chi connectivity index (χ4n) is 5.01. The van der Waals surface area contributed by atoms with Crippen molar-refractivity contribution >= 4 is 29.1 Å². The number of nitrogens with zero attached hydrogens (tertiary/aromatic N) is 5. The Hall–Kier alpha value is -3.12. The van der Waals surface area contributed by atoms with Crippen LogP contribution in [0.1, 0.15) is 37.4 Å². The summed E-state index contributed by atoms with van der Waals surface area (Å²) in [5, 5.41) is 6.64. The van der Waals surface area contributed by atoms with Gasteiger partial charge in [-0.3, -0.25) is 9.69 Å². The number of rotatable bonds is 6. The Morgan fingerprint density at radius 2 is 1.59 bits per heavy atom. The van der Waals surface area contributed by atoms with Gasteiger partial charge in [0.25, 0.3) is 0 Å². The van der Waals surface area contributed by atoms with Gasteiger partial charge in [0, 0.05) is 65.5 Å². The molecule has 6 heteroatoms. The number of amides is 1. The summed E-state index contributed by atoms with van der Waals surface area (Å²) >= 11 is 0. The van der Waals surface area contributed by atoms with Crippen LogP contribution in [0.25, 0.3) is 6.08 Å². The number of hydrogen-bond donors (Lipinski definition) is 0. The van der Waals surface area contributed by atoms with Gasteiger partial charge in [-0.2, -0.15) is 5.10 Å². The predicted molar refractivity (Wildman–Crippen MR) is 142 cm³/mol. The molecule has 0 N–H and O–H groups in total. The zero-order valence-corrected chi connectivity index (χ0v) is 21.3. The summed E-state index contributed by atoms with van der Waals surface area (Å²) in [7, 11) is 8.19. The predicted octanol–water partition coefficient (Wildman–Crippen LogP) is 4.50. The summed E-state index contributed by atoms with van der Waals surface area (Å²) in [6.45, 7) is 6.65. The van der Waals surface area contributed by atoms with E-state index >= 15 is 0 Å². The Kier molecular flexibility index (Phi) is 7.08. The van der Waals surface area contributed by atoms with E-state index in [2.05, 4.69) is 90.3 Å². The van der Waals surface area contributed by atoms with E-state index in [9.17, 15) is 4.79 Å². The van der Waals surface area contributed by atoms with Crippen molar-refractivity contribution in [2.24, 2.45) is 11.0 Å². The highest BCUT2D eigenvalue weighted by Crippen LogP contribution is 2.41. The van der Waals surface area contributed by atoms with Gasteiger partial charge in [0.1, 0.15) is 0 Å². The second-order valence-electron chi connectivity index (χ2n) is 9.78. The van der Waals surface area contributed by atoms with E-state index in [1.54, 1.807) is 11.9 Å². The van der Waals surface area contributed by atoms with Crippen molar-refractivity contribution in [2.75, 3.05) is 57.6 Å². The first-order valence-corrected chi connectivity index (χ1v) is 12.1. The molecule has 6 nitrogen and oxygen atoms in total. The average Bonchev–Trinajstić information content (AvgIpc) is 3.20. The second-order valence-corrected chi connectivity index (χ2v) is 9.78. The van der Waals surface area contributed by atoms with E-state index < -0.39 is 0 Å². The lowest BCUT2D eigenvalue weighted by Crippen LogP contribution is -2.44. The molecule has 0 bridgehead atoms. The lowest BCUT2D eigenvalue weighted by atomic mass is 9.83. The molecule has 4 rings (SSSR count). The first-order chi connectivity index (χ1) is 16.3. The van der Waals surface area contributed by atoms with Gasteiger partial charge in [0.15, 0.2) is 0 Å². The van der Waals surface area contributed by atoms with Crippen LogP contribution in [0.2, 0.25) is 0 Å². The standard InChI is InChI=1S/C28H37N5O/c1-7-16-32-18-23(17-21-8-12-24(13-9-21)30(3)4)27-26(19-32)28(33(29-27)20(2)34)22-10-14-25(15-11-22)31(5)6/h8-15,17,26,28H,7,16,18-19H2,1-6H3/b23-17+. The number of carbonyl (C=O) groups is 1. The van der Waals surface area contributed by atoms with Gasteiger partial charge in [-0.15, -0.1) is 0 Å². The Morgan fingerprint density at radius 1 is 1.00 bits per heavy atom. The van der Waals surface area contributed by atoms with Crippen LogP contribution in [0.3, 0.4) is 0 Å². The number of likely N-dealkylation sites (tertiary alicyclic amines) is 1.